The molecule has 35 heavy (non-hydrogen) atoms. The molecule has 0 aromatic heterocycles. The van der Waals surface area contributed by atoms with E-state index in [1.54, 1.807) is 7.11 Å². The summed E-state index contributed by atoms with van der Waals surface area (Å²) in [7, 11) is 1.68. The number of para-hydroxylation sites is 1. The van der Waals surface area contributed by atoms with E-state index in [0.717, 1.165) is 70.0 Å². The van der Waals surface area contributed by atoms with E-state index in [4.69, 9.17) is 4.74 Å². The van der Waals surface area contributed by atoms with Crippen molar-refractivity contribution in [2.24, 2.45) is 0 Å². The second-order valence-electron chi connectivity index (χ2n) is 9.33. The Bertz CT molecular complexity index is 945. The molecule has 2 heterocycles. The van der Waals surface area contributed by atoms with Crippen molar-refractivity contribution < 1.29 is 14.3 Å². The average molecular weight is 480 g/mol. The number of piperazine rings is 1. The van der Waals surface area contributed by atoms with E-state index in [9.17, 15) is 9.59 Å². The van der Waals surface area contributed by atoms with Gasteiger partial charge >= 0.3 is 6.03 Å². The number of likely N-dealkylation sites (tertiary alicyclic amines) is 1. The molecule has 0 radical (unpaired) electrons. The Morgan fingerprint density at radius 3 is 2.40 bits per heavy atom. The van der Waals surface area contributed by atoms with Crippen molar-refractivity contribution in [2.75, 3.05) is 58.2 Å². The molecule has 1 unspecified atom stereocenters. The highest BCUT2D eigenvalue weighted by molar-refractivity contribution is 5.89. The third kappa shape index (κ3) is 7.44. The number of nitrogens with one attached hydrogen (secondary N) is 2. The van der Waals surface area contributed by atoms with E-state index in [2.05, 4.69) is 32.6 Å². The van der Waals surface area contributed by atoms with Gasteiger partial charge in [-0.25, -0.2) is 4.79 Å². The Hall–Kier alpha value is -3.10. The number of carbonyl (C=O) groups is 2. The Morgan fingerprint density at radius 1 is 0.943 bits per heavy atom. The number of anilines is 1. The zero-order valence-electron chi connectivity index (χ0n) is 20.6. The smallest absolute Gasteiger partial charge is 0.319 e. The lowest BCUT2D eigenvalue weighted by Gasteiger charge is -2.39. The first-order chi connectivity index (χ1) is 17.1. The number of hydrogen-bond acceptors (Lipinski definition) is 5. The second kappa shape index (κ2) is 12.6. The van der Waals surface area contributed by atoms with Crippen molar-refractivity contribution in [3.05, 3.63) is 60.2 Å². The van der Waals surface area contributed by atoms with E-state index in [-0.39, 0.29) is 18.0 Å². The summed E-state index contributed by atoms with van der Waals surface area (Å²) in [6, 6.07) is 17.6. The van der Waals surface area contributed by atoms with Crippen LogP contribution in [0.1, 0.15) is 24.8 Å². The number of ether oxygens (including phenoxy) is 1. The van der Waals surface area contributed by atoms with Crippen molar-refractivity contribution in [3.63, 3.8) is 0 Å². The van der Waals surface area contributed by atoms with Gasteiger partial charge in [0.15, 0.2) is 0 Å². The van der Waals surface area contributed by atoms with Crippen LogP contribution in [-0.4, -0.2) is 85.6 Å². The molecule has 2 N–H and O–H groups in total. The van der Waals surface area contributed by atoms with E-state index < -0.39 is 0 Å². The fraction of sp³-hybridized carbons (Fsp3) is 0.481. The molecular weight excluding hydrogens is 442 g/mol. The summed E-state index contributed by atoms with van der Waals surface area (Å²) >= 11 is 0. The van der Waals surface area contributed by atoms with Gasteiger partial charge < -0.3 is 20.3 Å². The molecule has 2 aliphatic rings. The number of methoxy groups -OCH3 is 1. The van der Waals surface area contributed by atoms with Crippen molar-refractivity contribution >= 4 is 17.6 Å². The molecule has 0 spiro atoms. The van der Waals surface area contributed by atoms with Gasteiger partial charge in [0.2, 0.25) is 5.91 Å². The SMILES string of the molecule is COc1ccc(CN2CCN(C(=O)CN3CCCCC3CNC(=O)Nc3ccccc3)CC2)cc1. The van der Waals surface area contributed by atoms with Gasteiger partial charge in [-0.05, 0) is 49.2 Å². The van der Waals surface area contributed by atoms with Crippen LogP contribution in [0.25, 0.3) is 0 Å². The van der Waals surface area contributed by atoms with Crippen LogP contribution < -0.4 is 15.4 Å². The van der Waals surface area contributed by atoms with E-state index in [1.807, 2.05) is 47.4 Å². The van der Waals surface area contributed by atoms with Crippen molar-refractivity contribution in [1.82, 2.24) is 20.0 Å². The largest absolute Gasteiger partial charge is 0.497 e. The Balaban J connectivity index is 1.20. The van der Waals surface area contributed by atoms with Crippen LogP contribution in [0, 0.1) is 0 Å². The topological polar surface area (TPSA) is 77.2 Å². The van der Waals surface area contributed by atoms with Crippen LogP contribution in [0.3, 0.4) is 0 Å². The summed E-state index contributed by atoms with van der Waals surface area (Å²) in [5.74, 6) is 1.06. The van der Waals surface area contributed by atoms with E-state index in [1.165, 1.54) is 5.56 Å². The second-order valence-corrected chi connectivity index (χ2v) is 9.33. The fourth-order valence-electron chi connectivity index (χ4n) is 4.82. The van der Waals surface area contributed by atoms with Gasteiger partial charge in [-0.2, -0.15) is 0 Å². The summed E-state index contributed by atoms with van der Waals surface area (Å²) in [4.78, 5) is 32.0. The van der Waals surface area contributed by atoms with Crippen molar-refractivity contribution in [1.29, 1.82) is 0 Å². The number of nitrogens with zero attached hydrogens (tertiary/aromatic N) is 3. The number of carbonyl (C=O) groups excluding carboxylic acids is 2. The molecule has 2 aliphatic heterocycles. The molecule has 4 rings (SSSR count). The third-order valence-electron chi connectivity index (χ3n) is 6.91. The highest BCUT2D eigenvalue weighted by atomic mass is 16.5. The average Bonchev–Trinajstić information content (AvgIpc) is 2.89. The van der Waals surface area contributed by atoms with Crippen LogP contribution in [0.2, 0.25) is 0 Å². The van der Waals surface area contributed by atoms with Crippen LogP contribution in [-0.2, 0) is 11.3 Å². The Kier molecular flexibility index (Phi) is 8.97. The molecule has 2 saturated heterocycles. The molecule has 2 fully saturated rings. The van der Waals surface area contributed by atoms with Crippen LogP contribution in [0.4, 0.5) is 10.5 Å². The molecule has 1 atom stereocenters. The normalized spacial score (nSPS) is 19.2. The predicted molar refractivity (Wildman–Crippen MR) is 138 cm³/mol. The highest BCUT2D eigenvalue weighted by Gasteiger charge is 2.28. The number of amides is 3. The zero-order chi connectivity index (χ0) is 24.5. The van der Waals surface area contributed by atoms with E-state index >= 15 is 0 Å². The lowest BCUT2D eigenvalue weighted by Crippen LogP contribution is -2.54. The summed E-state index contributed by atoms with van der Waals surface area (Å²) in [5, 5.41) is 5.85. The van der Waals surface area contributed by atoms with Crippen LogP contribution in [0.15, 0.2) is 54.6 Å². The maximum atomic E-state index is 13.1. The van der Waals surface area contributed by atoms with Gasteiger partial charge in [-0.15, -0.1) is 0 Å². The van der Waals surface area contributed by atoms with Crippen molar-refractivity contribution in [2.45, 2.75) is 31.8 Å². The molecule has 2 aromatic rings. The van der Waals surface area contributed by atoms with Gasteiger partial charge in [0, 0.05) is 51.0 Å². The summed E-state index contributed by atoms with van der Waals surface area (Å²) < 4.78 is 5.23. The van der Waals surface area contributed by atoms with Gasteiger partial charge in [-0.3, -0.25) is 14.6 Å². The molecule has 0 aliphatic carbocycles. The minimum absolute atomic E-state index is 0.186. The lowest BCUT2D eigenvalue weighted by atomic mass is 10.0. The minimum Gasteiger partial charge on any atom is -0.497 e. The van der Waals surface area contributed by atoms with E-state index in [0.29, 0.717) is 13.1 Å². The third-order valence-corrected chi connectivity index (χ3v) is 6.91. The number of piperidine rings is 1. The van der Waals surface area contributed by atoms with Gasteiger partial charge in [0.05, 0.1) is 13.7 Å². The molecule has 188 valence electrons. The number of hydrogen-bond donors (Lipinski definition) is 2. The van der Waals surface area contributed by atoms with Gasteiger partial charge in [-0.1, -0.05) is 36.8 Å². The molecule has 0 saturated carbocycles. The maximum absolute atomic E-state index is 13.1. The monoisotopic (exact) mass is 479 g/mol. The van der Waals surface area contributed by atoms with Crippen LogP contribution >= 0.6 is 0 Å². The summed E-state index contributed by atoms with van der Waals surface area (Å²) in [5.41, 5.74) is 2.03. The molecule has 0 bridgehead atoms. The minimum atomic E-state index is -0.207. The lowest BCUT2D eigenvalue weighted by molar-refractivity contribution is -0.135. The first kappa shape index (κ1) is 25.0. The predicted octanol–water partition coefficient (Wildman–Crippen LogP) is 3.02. The molecule has 2 aromatic carbocycles. The molecule has 8 heteroatoms. The highest BCUT2D eigenvalue weighted by Crippen LogP contribution is 2.18. The van der Waals surface area contributed by atoms with Crippen LogP contribution in [0.5, 0.6) is 5.75 Å². The number of urea groups is 1. The van der Waals surface area contributed by atoms with Gasteiger partial charge in [0.1, 0.15) is 5.75 Å². The maximum Gasteiger partial charge on any atom is 0.319 e. The first-order valence-corrected chi connectivity index (χ1v) is 12.6. The summed E-state index contributed by atoms with van der Waals surface area (Å²) in [6.07, 6.45) is 3.21. The molecule has 3 amide bonds. The van der Waals surface area contributed by atoms with Gasteiger partial charge in [0.25, 0.3) is 0 Å². The molecule has 8 nitrogen and oxygen atoms in total. The standard InChI is InChI=1S/C27H37N5O3/c1-35-25-12-10-22(11-13-25)20-30-15-17-31(18-16-30)26(33)21-32-14-6-5-9-24(32)19-28-27(34)29-23-7-3-2-4-8-23/h2-4,7-8,10-13,24H,5-6,9,14-21H2,1H3,(H2,28,29,34). The Labute approximate surface area is 208 Å². The number of rotatable bonds is 8. The molecular formula is C27H37N5O3. The van der Waals surface area contributed by atoms with Crippen molar-refractivity contribution in [3.8, 4) is 5.75 Å². The zero-order valence-corrected chi connectivity index (χ0v) is 20.6. The Morgan fingerprint density at radius 2 is 1.69 bits per heavy atom. The summed E-state index contributed by atoms with van der Waals surface area (Å²) in [6.45, 7) is 6.01. The first-order valence-electron chi connectivity index (χ1n) is 12.6. The fourth-order valence-corrected chi connectivity index (χ4v) is 4.82. The number of benzene rings is 2. The quantitative estimate of drug-likeness (QED) is 0.609.